The Morgan fingerprint density at radius 3 is 2.72 bits per heavy atom. The molecule has 1 rings (SSSR count). The van der Waals surface area contributed by atoms with Crippen molar-refractivity contribution in [1.82, 2.24) is 15.1 Å². The van der Waals surface area contributed by atoms with Crippen molar-refractivity contribution >= 4 is 11.9 Å². The van der Waals surface area contributed by atoms with Gasteiger partial charge in [0.15, 0.2) is 6.04 Å². The average molecular weight is 255 g/mol. The van der Waals surface area contributed by atoms with E-state index in [1.54, 1.807) is 13.1 Å². The fraction of sp³-hybridized carbons (Fsp3) is 0.545. The van der Waals surface area contributed by atoms with Crippen LogP contribution in [0.5, 0.6) is 0 Å². The van der Waals surface area contributed by atoms with Crippen molar-refractivity contribution in [2.24, 2.45) is 7.05 Å². The third-order valence-corrected chi connectivity index (χ3v) is 2.46. The molecule has 0 aliphatic rings. The predicted molar refractivity (Wildman–Crippen MR) is 63.4 cm³/mol. The maximum atomic E-state index is 11.9. The standard InChI is InChI=1S/C11H17N3O4/c1-4-7-5-9(14(2)13-7)10(15)12-8(6-18-3)11(16)17/h5,8H,4,6H2,1-3H3,(H,12,15)(H,16,17). The van der Waals surface area contributed by atoms with E-state index in [1.807, 2.05) is 6.92 Å². The van der Waals surface area contributed by atoms with Gasteiger partial charge in [-0.3, -0.25) is 9.48 Å². The monoisotopic (exact) mass is 255 g/mol. The molecule has 100 valence electrons. The molecular weight excluding hydrogens is 238 g/mol. The summed E-state index contributed by atoms with van der Waals surface area (Å²) in [5.74, 6) is -1.61. The molecule has 1 unspecified atom stereocenters. The Labute approximate surface area is 105 Å². The zero-order valence-corrected chi connectivity index (χ0v) is 10.6. The third kappa shape index (κ3) is 3.30. The molecule has 18 heavy (non-hydrogen) atoms. The Hall–Kier alpha value is -1.89. The second kappa shape index (κ2) is 6.15. The molecule has 0 radical (unpaired) electrons. The number of nitrogens with zero attached hydrogens (tertiary/aromatic N) is 2. The third-order valence-electron chi connectivity index (χ3n) is 2.46. The van der Waals surface area contributed by atoms with E-state index < -0.39 is 17.9 Å². The van der Waals surface area contributed by atoms with Gasteiger partial charge in [-0.05, 0) is 12.5 Å². The molecule has 1 aromatic rings. The van der Waals surface area contributed by atoms with Crippen molar-refractivity contribution < 1.29 is 19.4 Å². The first kappa shape index (κ1) is 14.2. The van der Waals surface area contributed by atoms with Gasteiger partial charge in [0.05, 0.1) is 12.3 Å². The summed E-state index contributed by atoms with van der Waals surface area (Å²) in [6.07, 6.45) is 0.710. The van der Waals surface area contributed by atoms with Crippen LogP contribution in [0.2, 0.25) is 0 Å². The van der Waals surface area contributed by atoms with Crippen LogP contribution < -0.4 is 5.32 Å². The molecule has 0 saturated heterocycles. The van der Waals surface area contributed by atoms with Gasteiger partial charge in [0, 0.05) is 14.2 Å². The molecule has 1 heterocycles. The van der Waals surface area contributed by atoms with Gasteiger partial charge in [-0.25, -0.2) is 4.79 Å². The molecule has 0 spiro atoms. The molecule has 1 amide bonds. The lowest BCUT2D eigenvalue weighted by Crippen LogP contribution is -2.44. The van der Waals surface area contributed by atoms with E-state index in [0.717, 1.165) is 5.69 Å². The number of carboxylic acid groups (broad SMARTS) is 1. The van der Waals surface area contributed by atoms with Crippen LogP contribution in [0.15, 0.2) is 6.07 Å². The molecule has 1 aromatic heterocycles. The fourth-order valence-electron chi connectivity index (χ4n) is 1.49. The topological polar surface area (TPSA) is 93.5 Å². The normalized spacial score (nSPS) is 12.2. The van der Waals surface area contributed by atoms with Crippen molar-refractivity contribution in [1.29, 1.82) is 0 Å². The number of carboxylic acids is 1. The zero-order valence-electron chi connectivity index (χ0n) is 10.6. The molecule has 0 aromatic carbocycles. The number of aromatic nitrogens is 2. The van der Waals surface area contributed by atoms with Crippen molar-refractivity contribution in [3.05, 3.63) is 17.5 Å². The lowest BCUT2D eigenvalue weighted by Gasteiger charge is -2.13. The lowest BCUT2D eigenvalue weighted by atomic mass is 10.2. The Bertz CT molecular complexity index is 441. The molecule has 0 aliphatic carbocycles. The van der Waals surface area contributed by atoms with Crippen LogP contribution in [-0.4, -0.2) is 46.5 Å². The highest BCUT2D eigenvalue weighted by atomic mass is 16.5. The number of aryl methyl sites for hydroxylation is 2. The lowest BCUT2D eigenvalue weighted by molar-refractivity contribution is -0.140. The highest BCUT2D eigenvalue weighted by Crippen LogP contribution is 2.04. The fourth-order valence-corrected chi connectivity index (χ4v) is 1.49. The number of hydrogen-bond acceptors (Lipinski definition) is 4. The van der Waals surface area contributed by atoms with Gasteiger partial charge in [0.25, 0.3) is 5.91 Å². The number of hydrogen-bond donors (Lipinski definition) is 2. The minimum Gasteiger partial charge on any atom is -0.480 e. The largest absolute Gasteiger partial charge is 0.480 e. The number of carbonyl (C=O) groups is 2. The van der Waals surface area contributed by atoms with Crippen molar-refractivity contribution in [3.8, 4) is 0 Å². The van der Waals surface area contributed by atoms with Crippen LogP contribution in [0.25, 0.3) is 0 Å². The van der Waals surface area contributed by atoms with Crippen molar-refractivity contribution in [3.63, 3.8) is 0 Å². The highest BCUT2D eigenvalue weighted by Gasteiger charge is 2.22. The Morgan fingerprint density at radius 1 is 1.61 bits per heavy atom. The van der Waals surface area contributed by atoms with E-state index >= 15 is 0 Å². The van der Waals surface area contributed by atoms with Gasteiger partial charge >= 0.3 is 5.97 Å². The molecule has 0 bridgehead atoms. The average Bonchev–Trinajstić information content (AvgIpc) is 2.69. The summed E-state index contributed by atoms with van der Waals surface area (Å²) in [6.45, 7) is 1.84. The van der Waals surface area contributed by atoms with E-state index in [2.05, 4.69) is 10.4 Å². The summed E-state index contributed by atoms with van der Waals surface area (Å²) in [7, 11) is 3.02. The number of amides is 1. The van der Waals surface area contributed by atoms with Gasteiger partial charge in [-0.1, -0.05) is 6.92 Å². The SMILES string of the molecule is CCc1cc(C(=O)NC(COC)C(=O)O)n(C)n1. The Balaban J connectivity index is 2.79. The maximum absolute atomic E-state index is 11.9. The van der Waals surface area contributed by atoms with E-state index in [4.69, 9.17) is 9.84 Å². The minimum absolute atomic E-state index is 0.0838. The molecular formula is C11H17N3O4. The van der Waals surface area contributed by atoms with Crippen LogP contribution in [0.3, 0.4) is 0 Å². The molecule has 0 saturated carbocycles. The first-order valence-corrected chi connectivity index (χ1v) is 5.55. The second-order valence-corrected chi connectivity index (χ2v) is 3.82. The number of ether oxygens (including phenoxy) is 1. The van der Waals surface area contributed by atoms with Crippen LogP contribution in [-0.2, 0) is 23.0 Å². The molecule has 7 nitrogen and oxygen atoms in total. The van der Waals surface area contributed by atoms with Gasteiger partial charge in [0.2, 0.25) is 0 Å². The van der Waals surface area contributed by atoms with Crippen LogP contribution in [0.1, 0.15) is 23.1 Å². The number of aliphatic carboxylic acids is 1. The first-order chi connectivity index (χ1) is 8.49. The minimum atomic E-state index is -1.14. The van der Waals surface area contributed by atoms with Gasteiger partial charge in [0.1, 0.15) is 5.69 Å². The molecule has 1 atom stereocenters. The highest BCUT2D eigenvalue weighted by molar-refractivity contribution is 5.95. The number of methoxy groups -OCH3 is 1. The summed E-state index contributed by atoms with van der Waals surface area (Å²) in [5.41, 5.74) is 1.11. The van der Waals surface area contributed by atoms with Crippen LogP contribution >= 0.6 is 0 Å². The summed E-state index contributed by atoms with van der Waals surface area (Å²) in [5, 5.41) is 15.4. The van der Waals surface area contributed by atoms with E-state index in [1.165, 1.54) is 11.8 Å². The summed E-state index contributed by atoms with van der Waals surface area (Å²) in [4.78, 5) is 22.8. The predicted octanol–water partition coefficient (Wildman–Crippen LogP) is -0.188. The summed E-state index contributed by atoms with van der Waals surface area (Å²) < 4.78 is 6.17. The number of rotatable bonds is 6. The molecule has 0 aliphatic heterocycles. The summed E-state index contributed by atoms with van der Waals surface area (Å²) in [6, 6.07) is 0.573. The smallest absolute Gasteiger partial charge is 0.328 e. The van der Waals surface area contributed by atoms with Crippen molar-refractivity contribution in [2.75, 3.05) is 13.7 Å². The van der Waals surface area contributed by atoms with Crippen molar-refractivity contribution in [2.45, 2.75) is 19.4 Å². The van der Waals surface area contributed by atoms with Gasteiger partial charge in [-0.2, -0.15) is 5.10 Å². The number of nitrogens with one attached hydrogen (secondary N) is 1. The number of carbonyl (C=O) groups excluding carboxylic acids is 1. The van der Waals surface area contributed by atoms with E-state index in [9.17, 15) is 9.59 Å². The summed E-state index contributed by atoms with van der Waals surface area (Å²) >= 11 is 0. The van der Waals surface area contributed by atoms with Gasteiger partial charge in [-0.15, -0.1) is 0 Å². The maximum Gasteiger partial charge on any atom is 0.328 e. The quantitative estimate of drug-likeness (QED) is 0.735. The molecule has 2 N–H and O–H groups in total. The first-order valence-electron chi connectivity index (χ1n) is 5.55. The second-order valence-electron chi connectivity index (χ2n) is 3.82. The van der Waals surface area contributed by atoms with E-state index in [0.29, 0.717) is 12.1 Å². The van der Waals surface area contributed by atoms with E-state index in [-0.39, 0.29) is 6.61 Å². The Morgan fingerprint density at radius 2 is 2.28 bits per heavy atom. The van der Waals surface area contributed by atoms with Crippen LogP contribution in [0, 0.1) is 0 Å². The molecule has 0 fully saturated rings. The van der Waals surface area contributed by atoms with Gasteiger partial charge < -0.3 is 15.2 Å². The van der Waals surface area contributed by atoms with Crippen LogP contribution in [0.4, 0.5) is 0 Å². The molecule has 7 heteroatoms. The Kier molecular flexibility index (Phi) is 4.85. The zero-order chi connectivity index (χ0) is 13.7.